The molecule has 2 fully saturated rings. The number of benzene rings is 2. The van der Waals surface area contributed by atoms with E-state index in [4.69, 9.17) is 21.7 Å². The Kier molecular flexibility index (Phi) is 9.95. The van der Waals surface area contributed by atoms with Gasteiger partial charge in [-0.1, -0.05) is 66.8 Å². The van der Waals surface area contributed by atoms with Crippen LogP contribution in [0.2, 0.25) is 0 Å². The van der Waals surface area contributed by atoms with Crippen molar-refractivity contribution in [3.63, 3.8) is 0 Å². The predicted molar refractivity (Wildman–Crippen MR) is 180 cm³/mol. The molecule has 6 rings (SSSR count). The van der Waals surface area contributed by atoms with E-state index in [2.05, 4.69) is 39.5 Å². The van der Waals surface area contributed by atoms with Gasteiger partial charge in [0.05, 0.1) is 23.8 Å². The Labute approximate surface area is 271 Å². The molecule has 1 aliphatic carbocycles. The molecule has 2 amide bonds. The number of thiocarbonyl (C=S) groups is 1. The van der Waals surface area contributed by atoms with E-state index >= 15 is 0 Å². The molecule has 0 spiro atoms. The van der Waals surface area contributed by atoms with E-state index in [1.54, 1.807) is 7.11 Å². The van der Waals surface area contributed by atoms with Gasteiger partial charge in [-0.05, 0) is 55.0 Å². The molecule has 0 unspecified atom stereocenters. The molecule has 0 atom stereocenters. The van der Waals surface area contributed by atoms with Crippen molar-refractivity contribution in [2.24, 2.45) is 0 Å². The molecule has 3 aliphatic rings. The third-order valence-corrected chi connectivity index (χ3v) is 10.4. The molecule has 230 valence electrons. The van der Waals surface area contributed by atoms with Crippen LogP contribution in [0.3, 0.4) is 0 Å². The molecule has 1 saturated heterocycles. The van der Waals surface area contributed by atoms with Gasteiger partial charge in [0.15, 0.2) is 16.6 Å². The number of thioether (sulfide) groups is 1. The number of carbonyl (C=O) groups is 2. The fraction of sp³-hybridized carbons (Fsp3) is 0.394. The molecule has 11 heteroatoms. The first kappa shape index (κ1) is 30.8. The summed E-state index contributed by atoms with van der Waals surface area (Å²) >= 11 is 8.28. The van der Waals surface area contributed by atoms with Crippen molar-refractivity contribution in [1.82, 2.24) is 14.8 Å². The molecule has 1 saturated carbocycles. The van der Waals surface area contributed by atoms with E-state index in [0.29, 0.717) is 20.1 Å². The number of carbonyl (C=O) groups excluding carboxylic acids is 2. The van der Waals surface area contributed by atoms with Crippen molar-refractivity contribution in [2.75, 3.05) is 25.5 Å². The summed E-state index contributed by atoms with van der Waals surface area (Å²) in [5.41, 5.74) is 3.17. The van der Waals surface area contributed by atoms with Crippen LogP contribution in [0, 0.1) is 0 Å². The summed E-state index contributed by atoms with van der Waals surface area (Å²) in [5.74, 6) is 0.982. The van der Waals surface area contributed by atoms with E-state index < -0.39 is 0 Å². The monoisotopic (exact) mass is 648 g/mol. The summed E-state index contributed by atoms with van der Waals surface area (Å²) in [6, 6.07) is 16.2. The van der Waals surface area contributed by atoms with Gasteiger partial charge < -0.3 is 14.8 Å². The molecular weight excluding hydrogens is 613 g/mol. The van der Waals surface area contributed by atoms with E-state index in [1.165, 1.54) is 57.7 Å². The lowest BCUT2D eigenvalue weighted by Gasteiger charge is -2.25. The van der Waals surface area contributed by atoms with Crippen LogP contribution in [-0.2, 0) is 29.1 Å². The van der Waals surface area contributed by atoms with Gasteiger partial charge in [-0.25, -0.2) is 4.98 Å². The Morgan fingerprint density at radius 2 is 1.95 bits per heavy atom. The van der Waals surface area contributed by atoms with E-state index in [0.717, 1.165) is 55.9 Å². The van der Waals surface area contributed by atoms with Gasteiger partial charge in [-0.2, -0.15) is 0 Å². The molecule has 1 aromatic heterocycles. The predicted octanol–water partition coefficient (Wildman–Crippen LogP) is 6.65. The lowest BCUT2D eigenvalue weighted by Crippen LogP contribution is -2.31. The fourth-order valence-electron chi connectivity index (χ4n) is 5.75. The number of anilines is 1. The van der Waals surface area contributed by atoms with Crippen LogP contribution in [0.15, 0.2) is 53.4 Å². The zero-order valence-corrected chi connectivity index (χ0v) is 27.2. The zero-order chi connectivity index (χ0) is 30.5. The summed E-state index contributed by atoms with van der Waals surface area (Å²) in [4.78, 5) is 36.3. The lowest BCUT2D eigenvalue weighted by molar-refractivity contribution is -0.122. The third-order valence-electron chi connectivity index (χ3n) is 8.07. The number of nitrogens with one attached hydrogen (secondary N) is 1. The van der Waals surface area contributed by atoms with Crippen LogP contribution in [0.25, 0.3) is 6.08 Å². The highest BCUT2D eigenvalue weighted by molar-refractivity contribution is 8.26. The van der Waals surface area contributed by atoms with Crippen LogP contribution < -0.4 is 14.8 Å². The SMILES string of the molecule is COc1cc(/C=C2\SC(=S)N(CCC(=O)Nc3nc4c(s3)CN(Cc3ccccc3)CC4)C2=O)ccc1OC1CCCCC1. The molecule has 0 radical (unpaired) electrons. The zero-order valence-electron chi connectivity index (χ0n) is 24.8. The van der Waals surface area contributed by atoms with Crippen molar-refractivity contribution in [2.45, 2.75) is 64.1 Å². The van der Waals surface area contributed by atoms with Crippen molar-refractivity contribution in [1.29, 1.82) is 0 Å². The normalized spacial score (nSPS) is 18.5. The van der Waals surface area contributed by atoms with Crippen LogP contribution >= 0.6 is 35.3 Å². The Hall–Kier alpha value is -3.25. The smallest absolute Gasteiger partial charge is 0.266 e. The average Bonchev–Trinajstić information content (AvgIpc) is 3.55. The largest absolute Gasteiger partial charge is 0.493 e. The second kappa shape index (κ2) is 14.2. The van der Waals surface area contributed by atoms with Crippen LogP contribution in [-0.4, -0.2) is 57.2 Å². The third kappa shape index (κ3) is 7.51. The molecule has 2 aliphatic heterocycles. The number of methoxy groups -OCH3 is 1. The van der Waals surface area contributed by atoms with Crippen molar-refractivity contribution >= 4 is 62.7 Å². The van der Waals surface area contributed by atoms with E-state index in [-0.39, 0.29) is 30.9 Å². The number of aromatic nitrogens is 1. The molecule has 44 heavy (non-hydrogen) atoms. The summed E-state index contributed by atoms with van der Waals surface area (Å²) in [6.07, 6.45) is 8.79. The van der Waals surface area contributed by atoms with Crippen LogP contribution in [0.5, 0.6) is 11.5 Å². The van der Waals surface area contributed by atoms with Gasteiger partial charge in [0, 0.05) is 43.9 Å². The Morgan fingerprint density at radius 1 is 1.14 bits per heavy atom. The van der Waals surface area contributed by atoms with Crippen molar-refractivity contribution < 1.29 is 19.1 Å². The number of amides is 2. The summed E-state index contributed by atoms with van der Waals surface area (Å²) < 4.78 is 12.3. The maximum atomic E-state index is 13.2. The number of nitrogens with zero attached hydrogens (tertiary/aromatic N) is 3. The number of fused-ring (bicyclic) bond motifs is 1. The first-order valence-electron chi connectivity index (χ1n) is 15.1. The minimum Gasteiger partial charge on any atom is -0.493 e. The van der Waals surface area contributed by atoms with Crippen molar-refractivity contribution in [3.05, 3.63) is 75.1 Å². The molecule has 2 aromatic carbocycles. The van der Waals surface area contributed by atoms with E-state index in [9.17, 15) is 9.59 Å². The van der Waals surface area contributed by atoms with Gasteiger partial charge in [0.2, 0.25) is 5.91 Å². The highest BCUT2D eigenvalue weighted by atomic mass is 32.2. The number of rotatable bonds is 10. The molecular formula is C33H36N4O4S3. The highest BCUT2D eigenvalue weighted by Crippen LogP contribution is 2.36. The summed E-state index contributed by atoms with van der Waals surface area (Å²) in [6.45, 7) is 2.86. The van der Waals surface area contributed by atoms with Crippen LogP contribution in [0.4, 0.5) is 5.13 Å². The first-order chi connectivity index (χ1) is 21.4. The van der Waals surface area contributed by atoms with Crippen molar-refractivity contribution in [3.8, 4) is 11.5 Å². The molecule has 0 bridgehead atoms. The number of thiazole rings is 1. The standard InChI is InChI=1S/C33H36N4O4S3/c1-40-27-18-23(12-13-26(27)41-24-10-6-3-7-11-24)19-28-31(39)37(33(42)44-28)17-15-30(38)35-32-34-25-14-16-36(21-29(25)43-32)20-22-8-4-2-5-9-22/h2,4-5,8-9,12-13,18-19,24H,3,6-7,10-11,14-17,20-21H2,1H3,(H,34,35,38)/b28-19-. The highest BCUT2D eigenvalue weighted by Gasteiger charge is 2.32. The first-order valence-corrected chi connectivity index (χ1v) is 17.1. The minimum atomic E-state index is -0.197. The quantitative estimate of drug-likeness (QED) is 0.193. The maximum Gasteiger partial charge on any atom is 0.266 e. The van der Waals surface area contributed by atoms with Gasteiger partial charge in [0.25, 0.3) is 5.91 Å². The molecule has 3 aromatic rings. The van der Waals surface area contributed by atoms with E-state index in [1.807, 2.05) is 30.3 Å². The molecule has 1 N–H and O–H groups in total. The summed E-state index contributed by atoms with van der Waals surface area (Å²) in [5, 5.41) is 3.54. The summed E-state index contributed by atoms with van der Waals surface area (Å²) in [7, 11) is 1.62. The van der Waals surface area contributed by atoms with Gasteiger partial charge in [0.1, 0.15) is 4.32 Å². The molecule has 8 nitrogen and oxygen atoms in total. The Bertz CT molecular complexity index is 1550. The number of ether oxygens (including phenoxy) is 2. The molecule has 3 heterocycles. The lowest BCUT2D eigenvalue weighted by atomic mass is 9.98. The average molecular weight is 649 g/mol. The second-order valence-electron chi connectivity index (χ2n) is 11.3. The van der Waals surface area contributed by atoms with Gasteiger partial charge >= 0.3 is 0 Å². The topological polar surface area (TPSA) is 84.0 Å². The Morgan fingerprint density at radius 3 is 2.75 bits per heavy atom. The Balaban J connectivity index is 1.02. The fourth-order valence-corrected chi connectivity index (χ4v) is 8.13. The minimum absolute atomic E-state index is 0.130. The number of hydrogen-bond donors (Lipinski definition) is 1. The van der Waals surface area contributed by atoms with Crippen LogP contribution in [0.1, 0.15) is 60.2 Å². The maximum absolute atomic E-state index is 13.2. The number of hydrogen-bond acceptors (Lipinski definition) is 9. The van der Waals surface area contributed by atoms with Gasteiger partial charge in [-0.3, -0.25) is 19.4 Å². The second-order valence-corrected chi connectivity index (χ2v) is 14.0. The van der Waals surface area contributed by atoms with Gasteiger partial charge in [-0.15, -0.1) is 11.3 Å².